The molecule has 1 saturated heterocycles. The van der Waals surface area contributed by atoms with Crippen LogP contribution in [0.15, 0.2) is 78.4 Å². The first-order chi connectivity index (χ1) is 19.9. The summed E-state index contributed by atoms with van der Waals surface area (Å²) in [5, 5.41) is 11.4. The molecule has 3 aromatic rings. The number of ether oxygens (including phenoxy) is 3. The zero-order valence-corrected chi connectivity index (χ0v) is 24.1. The van der Waals surface area contributed by atoms with Crippen LogP contribution in [0.5, 0.6) is 11.5 Å². The van der Waals surface area contributed by atoms with Crippen LogP contribution in [0.2, 0.25) is 0 Å². The molecule has 0 bridgehead atoms. The Balaban J connectivity index is 1.59. The van der Waals surface area contributed by atoms with Gasteiger partial charge in [-0.05, 0) is 72.9 Å². The molecule has 0 radical (unpaired) electrons. The Morgan fingerprint density at radius 1 is 0.854 bits per heavy atom. The first kappa shape index (κ1) is 29.9. The molecule has 1 unspecified atom stereocenters. The van der Waals surface area contributed by atoms with Gasteiger partial charge in [0.05, 0.1) is 18.2 Å². The van der Waals surface area contributed by atoms with E-state index in [9.17, 15) is 14.7 Å². The van der Waals surface area contributed by atoms with E-state index in [1.54, 1.807) is 31.4 Å². The summed E-state index contributed by atoms with van der Waals surface area (Å²) < 4.78 is 17.0. The Hall–Kier alpha value is -4.10. The third kappa shape index (κ3) is 7.35. The van der Waals surface area contributed by atoms with E-state index in [1.807, 2.05) is 55.5 Å². The number of benzene rings is 3. The number of ketones is 1. The molecule has 1 heterocycles. The maximum Gasteiger partial charge on any atom is 0.295 e. The molecule has 0 aliphatic carbocycles. The van der Waals surface area contributed by atoms with Crippen molar-refractivity contribution in [3.05, 3.63) is 101 Å². The molecule has 0 spiro atoms. The van der Waals surface area contributed by atoms with Gasteiger partial charge in [0.25, 0.3) is 11.7 Å². The van der Waals surface area contributed by atoms with Gasteiger partial charge in [-0.3, -0.25) is 9.59 Å². The Kier molecular flexibility index (Phi) is 10.6. The van der Waals surface area contributed by atoms with Gasteiger partial charge in [0.15, 0.2) is 0 Å². The number of rotatable bonds is 14. The number of hydrogen-bond donors (Lipinski definition) is 1. The largest absolute Gasteiger partial charge is 0.507 e. The minimum absolute atomic E-state index is 0.0672. The van der Waals surface area contributed by atoms with Gasteiger partial charge in [0.1, 0.15) is 23.9 Å². The van der Waals surface area contributed by atoms with Gasteiger partial charge in [-0.15, -0.1) is 0 Å². The number of amides is 1. The van der Waals surface area contributed by atoms with Crippen LogP contribution in [0.3, 0.4) is 0 Å². The molecule has 1 N–H and O–H groups in total. The number of aliphatic hydroxyl groups is 1. The Bertz CT molecular complexity index is 1350. The van der Waals surface area contributed by atoms with Crippen LogP contribution >= 0.6 is 0 Å². The van der Waals surface area contributed by atoms with Crippen molar-refractivity contribution in [2.75, 3.05) is 26.9 Å². The monoisotopic (exact) mass is 557 g/mol. The van der Waals surface area contributed by atoms with Crippen LogP contribution in [-0.4, -0.2) is 48.6 Å². The molecule has 0 saturated carbocycles. The SMILES string of the molecule is CCCCCOc1ccc(C2/C(=C(\O)c3ccc(OCc4ccccc4C)cc3)C(=O)C(=O)N2CCCOC)cc1. The van der Waals surface area contributed by atoms with Gasteiger partial charge < -0.3 is 24.2 Å². The molecule has 1 aliphatic heterocycles. The van der Waals surface area contributed by atoms with Crippen molar-refractivity contribution >= 4 is 17.4 Å². The van der Waals surface area contributed by atoms with Crippen LogP contribution < -0.4 is 9.47 Å². The Morgan fingerprint density at radius 2 is 1.54 bits per heavy atom. The van der Waals surface area contributed by atoms with E-state index < -0.39 is 17.7 Å². The van der Waals surface area contributed by atoms with Crippen molar-refractivity contribution in [2.24, 2.45) is 0 Å². The standard InChI is InChI=1S/C34H39NO6/c1-4-5-8-22-40-28-16-12-25(13-17-28)31-30(33(37)34(38)35(31)20-9-21-39-3)32(36)26-14-18-29(19-15-26)41-23-27-11-7-6-10-24(27)2/h6-7,10-19,31,36H,4-5,8-9,20-23H2,1-3H3/b32-30+. The van der Waals surface area contributed by atoms with E-state index in [0.717, 1.165) is 41.7 Å². The van der Waals surface area contributed by atoms with Gasteiger partial charge in [0.2, 0.25) is 0 Å². The van der Waals surface area contributed by atoms with Crippen molar-refractivity contribution in [3.63, 3.8) is 0 Å². The number of Topliss-reactive ketones (excluding diaryl/α,β-unsaturated/α-hetero) is 1. The fourth-order valence-electron chi connectivity index (χ4n) is 4.92. The first-order valence-corrected chi connectivity index (χ1v) is 14.2. The summed E-state index contributed by atoms with van der Waals surface area (Å²) in [6, 6.07) is 21.6. The number of likely N-dealkylation sites (tertiary alicyclic amines) is 1. The van der Waals surface area contributed by atoms with Gasteiger partial charge in [-0.25, -0.2) is 0 Å². The zero-order chi connectivity index (χ0) is 29.2. The lowest BCUT2D eigenvalue weighted by molar-refractivity contribution is -0.140. The summed E-state index contributed by atoms with van der Waals surface area (Å²) in [4.78, 5) is 27.9. The number of aliphatic hydroxyl groups excluding tert-OH is 1. The molecular formula is C34H39NO6. The third-order valence-corrected chi connectivity index (χ3v) is 7.28. The highest BCUT2D eigenvalue weighted by molar-refractivity contribution is 6.46. The van der Waals surface area contributed by atoms with E-state index in [4.69, 9.17) is 14.2 Å². The quantitative estimate of drug-likeness (QED) is 0.104. The normalized spacial score (nSPS) is 16.3. The van der Waals surface area contributed by atoms with Gasteiger partial charge in [0, 0.05) is 25.8 Å². The summed E-state index contributed by atoms with van der Waals surface area (Å²) in [6.07, 6.45) is 3.76. The van der Waals surface area contributed by atoms with Crippen molar-refractivity contribution in [1.29, 1.82) is 0 Å². The van der Waals surface area contributed by atoms with Crippen molar-refractivity contribution in [1.82, 2.24) is 4.90 Å². The average molecular weight is 558 g/mol. The minimum Gasteiger partial charge on any atom is -0.507 e. The lowest BCUT2D eigenvalue weighted by Crippen LogP contribution is -2.31. The lowest BCUT2D eigenvalue weighted by atomic mass is 9.95. The number of carbonyl (C=O) groups excluding carboxylic acids is 2. The first-order valence-electron chi connectivity index (χ1n) is 14.2. The van der Waals surface area contributed by atoms with Crippen LogP contribution in [0.25, 0.3) is 5.76 Å². The van der Waals surface area contributed by atoms with E-state index in [0.29, 0.717) is 44.1 Å². The molecule has 1 aliphatic rings. The summed E-state index contributed by atoms with van der Waals surface area (Å²) in [5.74, 6) is -0.193. The molecule has 1 amide bonds. The fraction of sp³-hybridized carbons (Fsp3) is 0.353. The molecule has 3 aromatic carbocycles. The van der Waals surface area contributed by atoms with Crippen molar-refractivity contribution < 1.29 is 28.9 Å². The molecule has 216 valence electrons. The van der Waals surface area contributed by atoms with E-state index >= 15 is 0 Å². The topological polar surface area (TPSA) is 85.3 Å². The maximum atomic E-state index is 13.3. The minimum atomic E-state index is -0.724. The molecule has 4 rings (SSSR count). The van der Waals surface area contributed by atoms with Crippen LogP contribution in [0, 0.1) is 6.92 Å². The van der Waals surface area contributed by atoms with E-state index in [1.165, 1.54) is 4.90 Å². The number of nitrogens with zero attached hydrogens (tertiary/aromatic N) is 1. The Morgan fingerprint density at radius 3 is 2.22 bits per heavy atom. The number of aryl methyl sites for hydroxylation is 1. The highest BCUT2D eigenvalue weighted by atomic mass is 16.5. The predicted octanol–water partition coefficient (Wildman–Crippen LogP) is 6.60. The smallest absolute Gasteiger partial charge is 0.295 e. The number of unbranched alkanes of at least 4 members (excludes halogenated alkanes) is 2. The molecule has 1 atom stereocenters. The van der Waals surface area contributed by atoms with Gasteiger partial charge >= 0.3 is 0 Å². The summed E-state index contributed by atoms with van der Waals surface area (Å²) >= 11 is 0. The molecule has 7 nitrogen and oxygen atoms in total. The molecular weight excluding hydrogens is 518 g/mol. The number of methoxy groups -OCH3 is 1. The molecule has 41 heavy (non-hydrogen) atoms. The predicted molar refractivity (Wildman–Crippen MR) is 159 cm³/mol. The zero-order valence-electron chi connectivity index (χ0n) is 24.1. The van der Waals surface area contributed by atoms with Crippen molar-refractivity contribution in [2.45, 2.75) is 52.2 Å². The number of carbonyl (C=O) groups is 2. The van der Waals surface area contributed by atoms with E-state index in [-0.39, 0.29) is 11.3 Å². The lowest BCUT2D eigenvalue weighted by Gasteiger charge is -2.25. The van der Waals surface area contributed by atoms with Crippen LogP contribution in [0.4, 0.5) is 0 Å². The second-order valence-corrected chi connectivity index (χ2v) is 10.2. The maximum absolute atomic E-state index is 13.3. The summed E-state index contributed by atoms with van der Waals surface area (Å²) in [7, 11) is 1.60. The van der Waals surface area contributed by atoms with Crippen LogP contribution in [-0.2, 0) is 20.9 Å². The molecule has 0 aromatic heterocycles. The van der Waals surface area contributed by atoms with Gasteiger partial charge in [-0.2, -0.15) is 0 Å². The van der Waals surface area contributed by atoms with Gasteiger partial charge in [-0.1, -0.05) is 56.2 Å². The molecule has 7 heteroatoms. The highest BCUT2D eigenvalue weighted by Gasteiger charge is 2.45. The fourth-order valence-corrected chi connectivity index (χ4v) is 4.92. The third-order valence-electron chi connectivity index (χ3n) is 7.28. The Labute approximate surface area is 242 Å². The van der Waals surface area contributed by atoms with Crippen LogP contribution in [0.1, 0.15) is 60.9 Å². The number of hydrogen-bond acceptors (Lipinski definition) is 6. The summed E-state index contributed by atoms with van der Waals surface area (Å²) in [6.45, 7) is 6.00. The van der Waals surface area contributed by atoms with E-state index in [2.05, 4.69) is 6.92 Å². The summed E-state index contributed by atoms with van der Waals surface area (Å²) in [5.41, 5.74) is 3.46. The second-order valence-electron chi connectivity index (χ2n) is 10.2. The molecule has 1 fully saturated rings. The van der Waals surface area contributed by atoms with Crippen molar-refractivity contribution in [3.8, 4) is 11.5 Å². The highest BCUT2D eigenvalue weighted by Crippen LogP contribution is 2.40. The average Bonchev–Trinajstić information content (AvgIpc) is 3.24. The second kappa shape index (κ2) is 14.5.